The fourth-order valence-corrected chi connectivity index (χ4v) is 3.33. The van der Waals surface area contributed by atoms with Gasteiger partial charge in [0.2, 0.25) is 5.43 Å². The van der Waals surface area contributed by atoms with E-state index in [1.165, 1.54) is 0 Å². The predicted molar refractivity (Wildman–Crippen MR) is 109 cm³/mol. The molecule has 0 aliphatic carbocycles. The van der Waals surface area contributed by atoms with Gasteiger partial charge in [0, 0.05) is 28.9 Å². The molecule has 1 N–H and O–H groups in total. The Labute approximate surface area is 170 Å². The summed E-state index contributed by atoms with van der Waals surface area (Å²) in [4.78, 5) is 25.0. The minimum absolute atomic E-state index is 0.280. The fourth-order valence-electron chi connectivity index (χ4n) is 2.90. The predicted octanol–water partition coefficient (Wildman–Crippen LogP) is 5.86. The third-order valence-electron chi connectivity index (χ3n) is 4.18. The molecule has 0 saturated carbocycles. The van der Waals surface area contributed by atoms with Crippen LogP contribution in [0.3, 0.4) is 0 Å². The Bertz CT molecular complexity index is 1090. The number of hydrogen-bond acceptors (Lipinski definition) is 2. The molecule has 1 aromatic heterocycles. The maximum atomic E-state index is 13.0. The molecule has 138 valence electrons. The highest BCUT2D eigenvalue weighted by Gasteiger charge is 2.23. The van der Waals surface area contributed by atoms with Crippen LogP contribution < -0.4 is 5.43 Å². The van der Waals surface area contributed by atoms with E-state index >= 15 is 0 Å². The van der Waals surface area contributed by atoms with Gasteiger partial charge in [0.15, 0.2) is 0 Å². The van der Waals surface area contributed by atoms with E-state index in [1.807, 2.05) is 6.92 Å². The zero-order chi connectivity index (χ0) is 19.7. The van der Waals surface area contributed by atoms with Gasteiger partial charge in [-0.25, -0.2) is 4.79 Å². The minimum Gasteiger partial charge on any atom is -0.477 e. The van der Waals surface area contributed by atoms with Crippen molar-refractivity contribution in [3.05, 3.63) is 79.5 Å². The molecule has 0 saturated heterocycles. The van der Waals surface area contributed by atoms with Crippen LogP contribution in [0.2, 0.25) is 15.1 Å². The summed E-state index contributed by atoms with van der Waals surface area (Å²) >= 11 is 18.0. The zero-order valence-electron chi connectivity index (χ0n) is 14.2. The number of aromatic nitrogens is 1. The minimum atomic E-state index is -1.31. The molecule has 2 aromatic carbocycles. The molecule has 0 aliphatic heterocycles. The number of nitrogens with zero attached hydrogens (tertiary/aromatic N) is 1. The summed E-state index contributed by atoms with van der Waals surface area (Å²) in [7, 11) is 0. The molecule has 27 heavy (non-hydrogen) atoms. The molecule has 0 radical (unpaired) electrons. The molecule has 0 spiro atoms. The Balaban J connectivity index is 2.36. The molecule has 0 aliphatic rings. The lowest BCUT2D eigenvalue weighted by molar-refractivity contribution is 0.0695. The third-order valence-corrected chi connectivity index (χ3v) is 5.17. The van der Waals surface area contributed by atoms with Crippen molar-refractivity contribution >= 4 is 40.8 Å². The number of aromatic carboxylic acids is 1. The molecular formula is C20H14Cl3NO3. The van der Waals surface area contributed by atoms with E-state index in [4.69, 9.17) is 34.8 Å². The first-order valence-electron chi connectivity index (χ1n) is 8.05. The van der Waals surface area contributed by atoms with Gasteiger partial charge in [-0.3, -0.25) is 4.79 Å². The van der Waals surface area contributed by atoms with Crippen LogP contribution >= 0.6 is 34.8 Å². The van der Waals surface area contributed by atoms with Crippen LogP contribution in [-0.2, 0) is 6.54 Å². The highest BCUT2D eigenvalue weighted by atomic mass is 35.5. The number of benzene rings is 2. The van der Waals surface area contributed by atoms with E-state index in [2.05, 4.69) is 0 Å². The summed E-state index contributed by atoms with van der Waals surface area (Å²) in [5, 5.41) is 10.9. The van der Waals surface area contributed by atoms with Crippen molar-refractivity contribution in [1.29, 1.82) is 0 Å². The van der Waals surface area contributed by atoms with Crippen molar-refractivity contribution < 1.29 is 9.90 Å². The Kier molecular flexibility index (Phi) is 5.61. The monoisotopic (exact) mass is 421 g/mol. The SMILES string of the molecule is CCn1cc(-c2ccc(Cl)cc2)c(=O)c(C(=O)O)c1-c1ccc(Cl)c(Cl)c1. The third kappa shape index (κ3) is 3.74. The van der Waals surface area contributed by atoms with E-state index in [0.29, 0.717) is 27.7 Å². The van der Waals surface area contributed by atoms with Crippen LogP contribution in [0.1, 0.15) is 17.3 Å². The van der Waals surface area contributed by atoms with E-state index in [1.54, 1.807) is 53.2 Å². The van der Waals surface area contributed by atoms with E-state index < -0.39 is 11.4 Å². The summed E-state index contributed by atoms with van der Waals surface area (Å²) in [6.07, 6.45) is 1.65. The van der Waals surface area contributed by atoms with Gasteiger partial charge in [0.1, 0.15) is 5.56 Å². The Hall–Kier alpha value is -2.27. The number of halogens is 3. The van der Waals surface area contributed by atoms with Crippen molar-refractivity contribution in [2.24, 2.45) is 0 Å². The first-order chi connectivity index (χ1) is 12.8. The molecule has 4 nitrogen and oxygen atoms in total. The number of carbonyl (C=O) groups is 1. The van der Waals surface area contributed by atoms with Gasteiger partial charge in [0.05, 0.1) is 15.7 Å². The zero-order valence-corrected chi connectivity index (χ0v) is 16.4. The Morgan fingerprint density at radius 1 is 1.00 bits per heavy atom. The standard InChI is InChI=1S/C20H14Cl3NO3/c1-2-24-10-14(11-3-6-13(21)7-4-11)19(25)17(20(26)27)18(24)12-5-8-15(22)16(23)9-12/h3-10H,2H2,1H3,(H,26,27). The molecular weight excluding hydrogens is 409 g/mol. The molecule has 0 bridgehead atoms. The summed E-state index contributed by atoms with van der Waals surface area (Å²) in [5.74, 6) is -1.31. The quantitative estimate of drug-likeness (QED) is 0.573. The van der Waals surface area contributed by atoms with Crippen LogP contribution in [0, 0.1) is 0 Å². The maximum absolute atomic E-state index is 13.0. The molecule has 0 unspecified atom stereocenters. The van der Waals surface area contributed by atoms with Crippen molar-refractivity contribution in [3.8, 4) is 22.4 Å². The van der Waals surface area contributed by atoms with Gasteiger partial charge >= 0.3 is 5.97 Å². The van der Waals surface area contributed by atoms with Crippen molar-refractivity contribution in [3.63, 3.8) is 0 Å². The first kappa shape index (κ1) is 19.5. The Morgan fingerprint density at radius 2 is 1.63 bits per heavy atom. The fraction of sp³-hybridized carbons (Fsp3) is 0.100. The van der Waals surface area contributed by atoms with Gasteiger partial charge in [-0.1, -0.05) is 53.0 Å². The van der Waals surface area contributed by atoms with Crippen LogP contribution in [0.4, 0.5) is 0 Å². The van der Waals surface area contributed by atoms with Crippen molar-refractivity contribution in [2.45, 2.75) is 13.5 Å². The van der Waals surface area contributed by atoms with E-state index in [-0.39, 0.29) is 21.8 Å². The number of aryl methyl sites for hydroxylation is 1. The van der Waals surface area contributed by atoms with Gasteiger partial charge in [-0.05, 0) is 36.8 Å². The lowest BCUT2D eigenvalue weighted by Gasteiger charge is -2.17. The van der Waals surface area contributed by atoms with Gasteiger partial charge < -0.3 is 9.67 Å². The average Bonchev–Trinajstić information content (AvgIpc) is 2.64. The van der Waals surface area contributed by atoms with Crippen molar-refractivity contribution in [1.82, 2.24) is 4.57 Å². The van der Waals surface area contributed by atoms with E-state index in [0.717, 1.165) is 0 Å². The molecule has 7 heteroatoms. The second-order valence-corrected chi connectivity index (χ2v) is 7.07. The van der Waals surface area contributed by atoms with E-state index in [9.17, 15) is 14.7 Å². The lowest BCUT2D eigenvalue weighted by Crippen LogP contribution is -2.22. The number of pyridine rings is 1. The topological polar surface area (TPSA) is 59.3 Å². The summed E-state index contributed by atoms with van der Waals surface area (Å²) in [6.45, 7) is 2.32. The first-order valence-corrected chi connectivity index (χ1v) is 9.19. The molecule has 3 rings (SSSR count). The highest BCUT2D eigenvalue weighted by Crippen LogP contribution is 2.31. The molecule has 3 aromatic rings. The number of carboxylic acids is 1. The Morgan fingerprint density at radius 3 is 2.19 bits per heavy atom. The smallest absolute Gasteiger partial charge is 0.341 e. The molecule has 1 heterocycles. The van der Waals surface area contributed by atoms with Crippen LogP contribution in [-0.4, -0.2) is 15.6 Å². The summed E-state index contributed by atoms with van der Waals surface area (Å²) < 4.78 is 1.72. The number of carboxylic acid groups (broad SMARTS) is 1. The summed E-state index contributed by atoms with van der Waals surface area (Å²) in [5.41, 5.74) is 0.775. The second-order valence-electron chi connectivity index (χ2n) is 5.82. The summed E-state index contributed by atoms with van der Waals surface area (Å²) in [6, 6.07) is 11.4. The second kappa shape index (κ2) is 7.77. The maximum Gasteiger partial charge on any atom is 0.341 e. The van der Waals surface area contributed by atoms with Crippen LogP contribution in [0.25, 0.3) is 22.4 Å². The van der Waals surface area contributed by atoms with Gasteiger partial charge in [-0.15, -0.1) is 0 Å². The van der Waals surface area contributed by atoms with Gasteiger partial charge in [-0.2, -0.15) is 0 Å². The molecule has 0 atom stereocenters. The average molecular weight is 423 g/mol. The normalized spacial score (nSPS) is 10.8. The highest BCUT2D eigenvalue weighted by molar-refractivity contribution is 6.42. The number of rotatable bonds is 4. The van der Waals surface area contributed by atoms with Crippen LogP contribution in [0.5, 0.6) is 0 Å². The lowest BCUT2D eigenvalue weighted by atomic mass is 9.99. The number of hydrogen-bond donors (Lipinski definition) is 1. The van der Waals surface area contributed by atoms with Crippen molar-refractivity contribution in [2.75, 3.05) is 0 Å². The van der Waals surface area contributed by atoms with Gasteiger partial charge in [0.25, 0.3) is 0 Å². The van der Waals surface area contributed by atoms with Crippen LogP contribution in [0.15, 0.2) is 53.5 Å². The molecule has 0 fully saturated rings. The molecule has 0 amide bonds. The largest absolute Gasteiger partial charge is 0.477 e.